The lowest BCUT2D eigenvalue weighted by Crippen LogP contribution is -2.11. The van der Waals surface area contributed by atoms with Gasteiger partial charge in [0, 0.05) is 11.3 Å². The number of halogens is 3. The molecule has 0 bridgehead atoms. The van der Waals surface area contributed by atoms with Gasteiger partial charge in [-0.1, -0.05) is 34.8 Å². The molecule has 0 radical (unpaired) electrons. The summed E-state index contributed by atoms with van der Waals surface area (Å²) < 4.78 is 5.02. The Morgan fingerprint density at radius 3 is 2.24 bits per heavy atom. The zero-order valence-corrected chi connectivity index (χ0v) is 13.1. The maximum absolute atomic E-state index is 12.1. The van der Waals surface area contributed by atoms with Crippen molar-refractivity contribution in [3.8, 4) is 11.5 Å². The van der Waals surface area contributed by atoms with Gasteiger partial charge in [0.05, 0.1) is 22.2 Å². The number of hydrogen-bond acceptors (Lipinski definition) is 3. The first-order valence-corrected chi connectivity index (χ1v) is 6.88. The smallest absolute Gasteiger partial charge is 0.255 e. The molecule has 110 valence electrons. The van der Waals surface area contributed by atoms with Crippen LogP contribution in [-0.2, 0) is 0 Å². The van der Waals surface area contributed by atoms with Crippen LogP contribution >= 0.6 is 34.8 Å². The lowest BCUT2D eigenvalue weighted by molar-refractivity contribution is 0.102. The summed E-state index contributed by atoms with van der Waals surface area (Å²) in [6.07, 6.45) is 0. The summed E-state index contributed by atoms with van der Waals surface area (Å²) in [5, 5.41) is 12.5. The van der Waals surface area contributed by atoms with Crippen molar-refractivity contribution in [2.45, 2.75) is 0 Å². The molecule has 0 spiro atoms. The fraction of sp³-hybridized carbons (Fsp3) is 0.0714. The van der Waals surface area contributed by atoms with Crippen molar-refractivity contribution in [2.24, 2.45) is 0 Å². The topological polar surface area (TPSA) is 58.6 Å². The van der Waals surface area contributed by atoms with Crippen LogP contribution in [0.15, 0.2) is 30.3 Å². The summed E-state index contributed by atoms with van der Waals surface area (Å²) >= 11 is 17.5. The Morgan fingerprint density at radius 2 is 1.71 bits per heavy atom. The Morgan fingerprint density at radius 1 is 1.10 bits per heavy atom. The minimum absolute atomic E-state index is 0.0468. The van der Waals surface area contributed by atoms with Gasteiger partial charge in [-0.05, 0) is 30.3 Å². The van der Waals surface area contributed by atoms with Crippen molar-refractivity contribution >= 4 is 46.4 Å². The molecule has 0 aromatic heterocycles. The van der Waals surface area contributed by atoms with Crippen LogP contribution in [0.25, 0.3) is 0 Å². The van der Waals surface area contributed by atoms with E-state index < -0.39 is 5.91 Å². The summed E-state index contributed by atoms with van der Waals surface area (Å²) in [5.41, 5.74) is 0.709. The second kappa shape index (κ2) is 6.43. The number of carbonyl (C=O) groups excluding carboxylic acids is 1. The molecule has 2 aromatic rings. The molecule has 0 saturated heterocycles. The number of rotatable bonds is 3. The van der Waals surface area contributed by atoms with Crippen molar-refractivity contribution in [3.05, 3.63) is 51.0 Å². The van der Waals surface area contributed by atoms with Gasteiger partial charge in [-0.25, -0.2) is 0 Å². The highest BCUT2D eigenvalue weighted by Crippen LogP contribution is 2.35. The summed E-state index contributed by atoms with van der Waals surface area (Å²) in [6.45, 7) is 0. The van der Waals surface area contributed by atoms with Crippen LogP contribution in [0.3, 0.4) is 0 Å². The van der Waals surface area contributed by atoms with E-state index in [0.29, 0.717) is 22.0 Å². The van der Waals surface area contributed by atoms with E-state index in [1.807, 2.05) is 0 Å². The molecule has 0 fully saturated rings. The van der Waals surface area contributed by atoms with E-state index in [0.717, 1.165) is 0 Å². The number of methoxy groups -OCH3 is 1. The SMILES string of the molecule is COc1ccc(C(=O)Nc2cc(Cl)c(O)c(Cl)c2)cc1Cl. The van der Waals surface area contributed by atoms with Gasteiger partial charge in [0.25, 0.3) is 5.91 Å². The molecule has 2 rings (SSSR count). The highest BCUT2D eigenvalue weighted by Gasteiger charge is 2.12. The Labute approximate surface area is 136 Å². The number of ether oxygens (including phenoxy) is 1. The number of phenols is 1. The summed E-state index contributed by atoms with van der Waals surface area (Å²) in [6, 6.07) is 7.44. The van der Waals surface area contributed by atoms with E-state index in [2.05, 4.69) is 5.32 Å². The number of phenolic OH excluding ortho intramolecular Hbond substituents is 1. The molecular weight excluding hydrogens is 337 g/mol. The number of aromatic hydroxyl groups is 1. The Balaban J connectivity index is 2.24. The number of anilines is 1. The average Bonchev–Trinajstić information content (AvgIpc) is 2.44. The second-order valence-corrected chi connectivity index (χ2v) is 5.31. The van der Waals surface area contributed by atoms with Gasteiger partial charge in [-0.3, -0.25) is 4.79 Å². The quantitative estimate of drug-likeness (QED) is 0.798. The van der Waals surface area contributed by atoms with Crippen LogP contribution in [0, 0.1) is 0 Å². The normalized spacial score (nSPS) is 10.3. The van der Waals surface area contributed by atoms with Crippen LogP contribution in [0.4, 0.5) is 5.69 Å². The molecule has 0 unspecified atom stereocenters. The summed E-state index contributed by atoms with van der Waals surface area (Å²) in [7, 11) is 1.49. The largest absolute Gasteiger partial charge is 0.505 e. The molecule has 1 amide bonds. The third-order valence-electron chi connectivity index (χ3n) is 2.69. The Kier molecular flexibility index (Phi) is 4.83. The number of carbonyl (C=O) groups is 1. The van der Waals surface area contributed by atoms with Gasteiger partial charge < -0.3 is 15.2 Å². The molecule has 0 aliphatic rings. The molecule has 7 heteroatoms. The number of benzene rings is 2. The third-order valence-corrected chi connectivity index (χ3v) is 3.56. The van der Waals surface area contributed by atoms with Gasteiger partial charge >= 0.3 is 0 Å². The summed E-state index contributed by atoms with van der Waals surface area (Å²) in [4.78, 5) is 12.1. The fourth-order valence-electron chi connectivity index (χ4n) is 1.65. The average molecular weight is 347 g/mol. The molecule has 2 aromatic carbocycles. The molecular formula is C14H10Cl3NO3. The van der Waals surface area contributed by atoms with E-state index in [1.165, 1.54) is 25.3 Å². The third kappa shape index (κ3) is 3.53. The first kappa shape index (κ1) is 15.8. The van der Waals surface area contributed by atoms with Crippen LogP contribution in [0.1, 0.15) is 10.4 Å². The number of amides is 1. The predicted molar refractivity (Wildman–Crippen MR) is 84.1 cm³/mol. The highest BCUT2D eigenvalue weighted by molar-refractivity contribution is 6.37. The number of hydrogen-bond donors (Lipinski definition) is 2. The molecule has 0 heterocycles. The minimum atomic E-state index is -0.391. The van der Waals surface area contributed by atoms with E-state index in [9.17, 15) is 9.90 Å². The van der Waals surface area contributed by atoms with E-state index >= 15 is 0 Å². The van der Waals surface area contributed by atoms with Gasteiger partial charge in [0.15, 0.2) is 5.75 Å². The molecule has 2 N–H and O–H groups in total. The predicted octanol–water partition coefficient (Wildman–Crippen LogP) is 4.61. The van der Waals surface area contributed by atoms with E-state index in [4.69, 9.17) is 39.5 Å². The Hall–Kier alpha value is -1.62. The monoisotopic (exact) mass is 345 g/mol. The van der Waals surface area contributed by atoms with Crippen molar-refractivity contribution < 1.29 is 14.6 Å². The van der Waals surface area contributed by atoms with Crippen molar-refractivity contribution in [3.63, 3.8) is 0 Å². The highest BCUT2D eigenvalue weighted by atomic mass is 35.5. The van der Waals surface area contributed by atoms with Gasteiger partial charge in [-0.2, -0.15) is 0 Å². The standard InChI is InChI=1S/C14H10Cl3NO3/c1-21-12-3-2-7(4-9(12)15)14(20)18-8-5-10(16)13(19)11(17)6-8/h2-6,19H,1H3,(H,18,20). The van der Waals surface area contributed by atoms with Crippen molar-refractivity contribution in [1.29, 1.82) is 0 Å². The van der Waals surface area contributed by atoms with E-state index in [-0.39, 0.29) is 15.8 Å². The first-order valence-electron chi connectivity index (χ1n) is 5.75. The Bertz CT molecular complexity index is 681. The minimum Gasteiger partial charge on any atom is -0.505 e. The fourth-order valence-corrected chi connectivity index (χ4v) is 2.39. The van der Waals surface area contributed by atoms with Crippen LogP contribution in [0.2, 0.25) is 15.1 Å². The molecule has 0 atom stereocenters. The van der Waals surface area contributed by atoms with Gasteiger partial charge in [-0.15, -0.1) is 0 Å². The van der Waals surface area contributed by atoms with Crippen LogP contribution in [0.5, 0.6) is 11.5 Å². The lowest BCUT2D eigenvalue weighted by Gasteiger charge is -2.09. The van der Waals surface area contributed by atoms with Gasteiger partial charge in [0.1, 0.15) is 5.75 Å². The second-order valence-electron chi connectivity index (χ2n) is 4.09. The zero-order valence-electron chi connectivity index (χ0n) is 10.8. The van der Waals surface area contributed by atoms with Crippen molar-refractivity contribution in [1.82, 2.24) is 0 Å². The first-order chi connectivity index (χ1) is 9.92. The van der Waals surface area contributed by atoms with Crippen molar-refractivity contribution in [2.75, 3.05) is 12.4 Å². The van der Waals surface area contributed by atoms with E-state index in [1.54, 1.807) is 12.1 Å². The zero-order chi connectivity index (χ0) is 15.6. The molecule has 21 heavy (non-hydrogen) atoms. The molecule has 0 aliphatic heterocycles. The molecule has 4 nitrogen and oxygen atoms in total. The maximum Gasteiger partial charge on any atom is 0.255 e. The lowest BCUT2D eigenvalue weighted by atomic mass is 10.2. The molecule has 0 aliphatic carbocycles. The van der Waals surface area contributed by atoms with Crippen LogP contribution in [-0.4, -0.2) is 18.1 Å². The molecule has 0 saturated carbocycles. The maximum atomic E-state index is 12.1. The van der Waals surface area contributed by atoms with Gasteiger partial charge in [0.2, 0.25) is 0 Å². The number of nitrogens with one attached hydrogen (secondary N) is 1. The summed E-state index contributed by atoms with van der Waals surface area (Å²) in [5.74, 6) is -0.148. The van der Waals surface area contributed by atoms with Crippen LogP contribution < -0.4 is 10.1 Å².